The van der Waals surface area contributed by atoms with Crippen molar-refractivity contribution >= 4 is 23.1 Å². The maximum atomic E-state index is 14.6. The van der Waals surface area contributed by atoms with Gasteiger partial charge >= 0.3 is 0 Å². The van der Waals surface area contributed by atoms with Gasteiger partial charge in [-0.2, -0.15) is 0 Å². The van der Waals surface area contributed by atoms with Gasteiger partial charge in [-0.25, -0.2) is 13.7 Å². The van der Waals surface area contributed by atoms with Crippen LogP contribution in [0.4, 0.5) is 14.5 Å². The van der Waals surface area contributed by atoms with E-state index in [1.54, 1.807) is 24.3 Å². The molecule has 0 aromatic heterocycles. The number of piperidine rings is 1. The molecule has 2 aliphatic heterocycles. The van der Waals surface area contributed by atoms with Crippen LogP contribution in [0.3, 0.4) is 0 Å². The monoisotopic (exact) mass is 454 g/mol. The summed E-state index contributed by atoms with van der Waals surface area (Å²) >= 11 is 0. The number of hydrogen-bond donors (Lipinski definition) is 0. The molecule has 4 rings (SSSR count). The van der Waals surface area contributed by atoms with Crippen molar-refractivity contribution in [3.63, 3.8) is 0 Å². The van der Waals surface area contributed by atoms with Crippen molar-refractivity contribution in [2.45, 2.75) is 33.6 Å². The van der Waals surface area contributed by atoms with Gasteiger partial charge in [0.15, 0.2) is 0 Å². The highest BCUT2D eigenvalue weighted by molar-refractivity contribution is 6.45. The topological polar surface area (TPSA) is 49.9 Å². The Bertz CT molecular complexity index is 1090. The van der Waals surface area contributed by atoms with Crippen LogP contribution in [0.5, 0.6) is 5.75 Å². The first-order valence-corrected chi connectivity index (χ1v) is 11.4. The number of nitrogens with zero attached hydrogens (tertiary/aromatic N) is 2. The van der Waals surface area contributed by atoms with Crippen molar-refractivity contribution in [2.24, 2.45) is 11.8 Å². The molecule has 0 aliphatic carbocycles. The minimum Gasteiger partial charge on any atom is -0.494 e. The molecule has 2 unspecified atom stereocenters. The Kier molecular flexibility index (Phi) is 6.49. The average molecular weight is 455 g/mol. The zero-order valence-corrected chi connectivity index (χ0v) is 19.1. The van der Waals surface area contributed by atoms with Crippen molar-refractivity contribution < 1.29 is 23.1 Å². The zero-order chi connectivity index (χ0) is 23.7. The number of benzene rings is 2. The van der Waals surface area contributed by atoms with Crippen molar-refractivity contribution in [1.29, 1.82) is 0 Å². The summed E-state index contributed by atoms with van der Waals surface area (Å²) in [6.45, 7) is 8.06. The van der Waals surface area contributed by atoms with Crippen LogP contribution in [0.2, 0.25) is 0 Å². The zero-order valence-electron chi connectivity index (χ0n) is 19.1. The molecular weight excluding hydrogens is 426 g/mol. The number of amides is 2. The first-order chi connectivity index (χ1) is 15.8. The highest BCUT2D eigenvalue weighted by Gasteiger charge is 2.44. The average Bonchev–Trinajstić information content (AvgIpc) is 3.02. The number of halogens is 2. The van der Waals surface area contributed by atoms with Crippen molar-refractivity contribution in [3.05, 3.63) is 65.4 Å². The molecule has 7 heteroatoms. The van der Waals surface area contributed by atoms with Gasteiger partial charge in [-0.15, -0.1) is 0 Å². The summed E-state index contributed by atoms with van der Waals surface area (Å²) in [6, 6.07) is 9.86. The van der Waals surface area contributed by atoms with Gasteiger partial charge in [-0.05, 0) is 54.5 Å². The maximum Gasteiger partial charge on any atom is 0.282 e. The van der Waals surface area contributed by atoms with E-state index in [9.17, 15) is 18.4 Å². The molecule has 174 valence electrons. The lowest BCUT2D eigenvalue weighted by molar-refractivity contribution is -0.121. The van der Waals surface area contributed by atoms with Crippen molar-refractivity contribution in [3.8, 4) is 5.75 Å². The van der Waals surface area contributed by atoms with Crippen LogP contribution in [0, 0.1) is 23.5 Å². The molecule has 0 bridgehead atoms. The number of carbonyl (C=O) groups excluding carboxylic acids is 2. The standard InChI is InChI=1S/C26H28F2N2O3/c1-4-11-33-20-8-5-18(6-9-20)23-24(29-14-16(2)12-17(3)15-29)26(32)30(25(23)31)22-10-7-19(27)13-21(22)28/h5-10,13,16-17H,4,11-12,14-15H2,1-3H3. The smallest absolute Gasteiger partial charge is 0.282 e. The Morgan fingerprint density at radius 1 is 0.970 bits per heavy atom. The minimum atomic E-state index is -0.957. The largest absolute Gasteiger partial charge is 0.494 e. The summed E-state index contributed by atoms with van der Waals surface area (Å²) in [6.07, 6.45) is 1.90. The molecule has 0 spiro atoms. The van der Waals surface area contributed by atoms with Crippen LogP contribution in [0.1, 0.15) is 39.2 Å². The Hall–Kier alpha value is -3.22. The third-order valence-electron chi connectivity index (χ3n) is 6.01. The molecule has 33 heavy (non-hydrogen) atoms. The molecule has 2 atom stereocenters. The third kappa shape index (κ3) is 4.49. The number of rotatable bonds is 6. The number of hydrogen-bond acceptors (Lipinski definition) is 4. The molecule has 0 saturated carbocycles. The fourth-order valence-electron chi connectivity index (χ4n) is 4.74. The molecular formula is C26H28F2N2O3. The van der Waals surface area contributed by atoms with E-state index in [0.717, 1.165) is 29.9 Å². The quantitative estimate of drug-likeness (QED) is 0.576. The minimum absolute atomic E-state index is 0.229. The maximum absolute atomic E-state index is 14.6. The molecule has 1 fully saturated rings. The summed E-state index contributed by atoms with van der Waals surface area (Å²) in [7, 11) is 0. The van der Waals surface area contributed by atoms with Gasteiger partial charge in [0.2, 0.25) is 0 Å². The fourth-order valence-corrected chi connectivity index (χ4v) is 4.74. The number of imide groups is 1. The Labute approximate surface area is 192 Å². The predicted octanol–water partition coefficient (Wildman–Crippen LogP) is 5.02. The Balaban J connectivity index is 1.79. The summed E-state index contributed by atoms with van der Waals surface area (Å²) in [5, 5.41) is 0. The number of carbonyl (C=O) groups is 2. The second kappa shape index (κ2) is 9.33. The molecule has 2 heterocycles. The first-order valence-electron chi connectivity index (χ1n) is 11.4. The van der Waals surface area contributed by atoms with E-state index in [-0.39, 0.29) is 17.0 Å². The molecule has 2 aliphatic rings. The van der Waals surface area contributed by atoms with Crippen LogP contribution < -0.4 is 9.64 Å². The van der Waals surface area contributed by atoms with E-state index in [2.05, 4.69) is 13.8 Å². The SMILES string of the molecule is CCCOc1ccc(C2=C(N3CC(C)CC(C)C3)C(=O)N(c3ccc(F)cc3F)C2=O)cc1. The molecule has 2 aromatic rings. The van der Waals surface area contributed by atoms with Crippen LogP contribution >= 0.6 is 0 Å². The predicted molar refractivity (Wildman–Crippen MR) is 123 cm³/mol. The fraction of sp³-hybridized carbons (Fsp3) is 0.385. The van der Waals surface area contributed by atoms with Crippen LogP contribution in [-0.4, -0.2) is 36.4 Å². The van der Waals surface area contributed by atoms with E-state index in [0.29, 0.717) is 48.9 Å². The molecule has 0 radical (unpaired) electrons. The highest BCUT2D eigenvalue weighted by atomic mass is 19.1. The van der Waals surface area contributed by atoms with Crippen molar-refractivity contribution in [1.82, 2.24) is 4.90 Å². The lowest BCUT2D eigenvalue weighted by atomic mass is 9.91. The van der Waals surface area contributed by atoms with Gasteiger partial charge in [0.25, 0.3) is 11.8 Å². The van der Waals surface area contributed by atoms with Gasteiger partial charge in [0.05, 0.1) is 17.9 Å². The Morgan fingerprint density at radius 2 is 1.64 bits per heavy atom. The summed E-state index contributed by atoms with van der Waals surface area (Å²) < 4.78 is 33.7. The summed E-state index contributed by atoms with van der Waals surface area (Å²) in [5.74, 6) is -1.59. The number of ether oxygens (including phenoxy) is 1. The number of anilines is 1. The molecule has 0 N–H and O–H groups in total. The second-order valence-electron chi connectivity index (χ2n) is 8.99. The van der Waals surface area contributed by atoms with Crippen LogP contribution in [-0.2, 0) is 9.59 Å². The van der Waals surface area contributed by atoms with E-state index in [1.807, 2.05) is 11.8 Å². The Morgan fingerprint density at radius 3 is 2.24 bits per heavy atom. The lowest BCUT2D eigenvalue weighted by Gasteiger charge is -2.37. The van der Waals surface area contributed by atoms with E-state index >= 15 is 0 Å². The van der Waals surface area contributed by atoms with E-state index in [4.69, 9.17) is 4.74 Å². The molecule has 1 saturated heterocycles. The third-order valence-corrected chi connectivity index (χ3v) is 6.01. The number of likely N-dealkylation sites (tertiary alicyclic amines) is 1. The van der Waals surface area contributed by atoms with Gasteiger partial charge in [-0.1, -0.05) is 32.9 Å². The van der Waals surface area contributed by atoms with Gasteiger partial charge < -0.3 is 9.64 Å². The lowest BCUT2D eigenvalue weighted by Crippen LogP contribution is -2.42. The second-order valence-corrected chi connectivity index (χ2v) is 8.99. The van der Waals surface area contributed by atoms with Gasteiger partial charge in [0, 0.05) is 19.2 Å². The van der Waals surface area contributed by atoms with Gasteiger partial charge in [0.1, 0.15) is 23.1 Å². The molecule has 5 nitrogen and oxygen atoms in total. The summed E-state index contributed by atoms with van der Waals surface area (Å²) in [4.78, 5) is 29.9. The summed E-state index contributed by atoms with van der Waals surface area (Å²) in [5.41, 5.74) is 0.805. The first kappa shape index (κ1) is 23.0. The normalized spacial score (nSPS) is 21.2. The molecule has 2 amide bonds. The molecule has 2 aromatic carbocycles. The van der Waals surface area contributed by atoms with Gasteiger partial charge in [-0.3, -0.25) is 9.59 Å². The highest BCUT2D eigenvalue weighted by Crippen LogP contribution is 2.38. The van der Waals surface area contributed by atoms with E-state index < -0.39 is 23.4 Å². The van der Waals surface area contributed by atoms with Crippen LogP contribution in [0.25, 0.3) is 5.57 Å². The van der Waals surface area contributed by atoms with Crippen LogP contribution in [0.15, 0.2) is 48.2 Å². The van der Waals surface area contributed by atoms with E-state index in [1.165, 1.54) is 0 Å². The van der Waals surface area contributed by atoms with Crippen molar-refractivity contribution in [2.75, 3.05) is 24.6 Å².